The molecular weight excluding hydrogens is 497 g/mol. The van der Waals surface area contributed by atoms with Gasteiger partial charge in [0.15, 0.2) is 0 Å². The largest absolute Gasteiger partial charge is 0.468 e. The number of esters is 1. The van der Waals surface area contributed by atoms with E-state index in [0.29, 0.717) is 16.8 Å². The number of para-hydroxylation sites is 1. The van der Waals surface area contributed by atoms with E-state index in [0.717, 1.165) is 6.07 Å². The Labute approximate surface area is 211 Å². The Morgan fingerprint density at radius 1 is 1.08 bits per heavy atom. The number of carbonyl (C=O) groups excluding carboxylic acids is 2. The Bertz CT molecular complexity index is 1310. The minimum absolute atomic E-state index is 0. The number of nitrogens with one attached hydrogen (secondary N) is 1. The number of ether oxygens (including phenoxy) is 2. The molecule has 1 aliphatic heterocycles. The average Bonchev–Trinajstić information content (AvgIpc) is 3.14. The molecule has 0 spiro atoms. The minimum atomic E-state index is -4.69. The molecule has 1 unspecified atom stereocenters. The van der Waals surface area contributed by atoms with Crippen molar-refractivity contribution in [2.45, 2.75) is 18.6 Å². The molecular formula is C26H22ClF3N2O4. The minimum Gasteiger partial charge on any atom is -0.468 e. The fourth-order valence-corrected chi connectivity index (χ4v) is 3.71. The fraction of sp³-hybridized carbons (Fsp3) is 0.154. The highest BCUT2D eigenvalue weighted by atomic mass is 35.5. The van der Waals surface area contributed by atoms with Gasteiger partial charge in [-0.15, -0.1) is 12.4 Å². The lowest BCUT2D eigenvalue weighted by atomic mass is 10.0. The van der Waals surface area contributed by atoms with E-state index in [4.69, 9.17) is 10.5 Å². The molecule has 6 nitrogen and oxygen atoms in total. The Hall–Kier alpha value is -3.82. The van der Waals surface area contributed by atoms with Gasteiger partial charge in [-0.3, -0.25) is 9.59 Å². The van der Waals surface area contributed by atoms with Crippen molar-refractivity contribution in [2.75, 3.05) is 12.4 Å². The predicted molar refractivity (Wildman–Crippen MR) is 132 cm³/mol. The number of rotatable bonds is 6. The van der Waals surface area contributed by atoms with Gasteiger partial charge in [0, 0.05) is 16.8 Å². The number of carbonyl (C=O) groups is 2. The molecule has 3 N–H and O–H groups in total. The molecule has 1 heterocycles. The molecule has 10 heteroatoms. The summed E-state index contributed by atoms with van der Waals surface area (Å²) in [6.45, 7) is 0. The number of amides is 1. The van der Waals surface area contributed by atoms with Crippen molar-refractivity contribution in [1.82, 2.24) is 0 Å². The zero-order valence-electron chi connectivity index (χ0n) is 19.0. The van der Waals surface area contributed by atoms with Gasteiger partial charge in [0.1, 0.15) is 17.5 Å². The number of fused-ring (bicyclic) bond motifs is 1. The van der Waals surface area contributed by atoms with Gasteiger partial charge in [0.2, 0.25) is 0 Å². The number of anilines is 1. The van der Waals surface area contributed by atoms with E-state index in [9.17, 15) is 22.8 Å². The monoisotopic (exact) mass is 518 g/mol. The molecule has 0 fully saturated rings. The molecule has 0 aliphatic carbocycles. The Balaban J connectivity index is 0.00000361. The first kappa shape index (κ1) is 26.8. The van der Waals surface area contributed by atoms with Crippen molar-refractivity contribution in [3.63, 3.8) is 0 Å². The van der Waals surface area contributed by atoms with Gasteiger partial charge in [-0.05, 0) is 54.0 Å². The van der Waals surface area contributed by atoms with E-state index in [1.807, 2.05) is 0 Å². The summed E-state index contributed by atoms with van der Waals surface area (Å²) in [5.41, 5.74) is 7.18. The van der Waals surface area contributed by atoms with E-state index >= 15 is 0 Å². The lowest BCUT2D eigenvalue weighted by molar-refractivity contribution is -0.142. The van der Waals surface area contributed by atoms with Crippen molar-refractivity contribution >= 4 is 41.6 Å². The van der Waals surface area contributed by atoms with Crippen molar-refractivity contribution in [3.8, 4) is 11.5 Å². The maximum atomic E-state index is 13.8. The molecule has 0 saturated heterocycles. The summed E-state index contributed by atoms with van der Waals surface area (Å²) >= 11 is 0. The van der Waals surface area contributed by atoms with Gasteiger partial charge < -0.3 is 20.5 Å². The normalized spacial score (nSPS) is 14.5. The number of halogens is 4. The Morgan fingerprint density at radius 3 is 2.44 bits per heavy atom. The molecule has 1 aliphatic rings. The van der Waals surface area contributed by atoms with Crippen LogP contribution in [-0.4, -0.2) is 25.0 Å². The molecule has 0 radical (unpaired) electrons. The first-order valence-electron chi connectivity index (χ1n) is 10.6. The maximum absolute atomic E-state index is 13.8. The van der Waals surface area contributed by atoms with Crippen LogP contribution in [0.2, 0.25) is 0 Å². The maximum Gasteiger partial charge on any atom is 0.420 e. The fourth-order valence-electron chi connectivity index (χ4n) is 3.71. The highest BCUT2D eigenvalue weighted by Gasteiger charge is 2.35. The predicted octanol–water partition coefficient (Wildman–Crippen LogP) is 5.46. The van der Waals surface area contributed by atoms with E-state index in [1.54, 1.807) is 36.4 Å². The highest BCUT2D eigenvalue weighted by Crippen LogP contribution is 2.40. The summed E-state index contributed by atoms with van der Waals surface area (Å²) in [7, 11) is 1.24. The molecule has 188 valence electrons. The first-order chi connectivity index (χ1) is 16.7. The summed E-state index contributed by atoms with van der Waals surface area (Å²) in [5, 5.41) is 2.69. The van der Waals surface area contributed by atoms with Crippen LogP contribution in [0.1, 0.15) is 22.3 Å². The number of benzene rings is 3. The van der Waals surface area contributed by atoms with Gasteiger partial charge in [0.05, 0.1) is 12.7 Å². The van der Waals surface area contributed by atoms with Crippen molar-refractivity contribution in [2.24, 2.45) is 5.73 Å². The molecule has 1 atom stereocenters. The molecule has 0 aromatic heterocycles. The van der Waals surface area contributed by atoms with Crippen molar-refractivity contribution in [1.29, 1.82) is 0 Å². The van der Waals surface area contributed by atoms with Crippen LogP contribution < -0.4 is 15.8 Å². The Kier molecular flexibility index (Phi) is 8.07. The van der Waals surface area contributed by atoms with Crippen LogP contribution in [0.4, 0.5) is 18.9 Å². The average molecular weight is 519 g/mol. The van der Waals surface area contributed by atoms with Crippen molar-refractivity contribution < 1.29 is 32.2 Å². The quantitative estimate of drug-likeness (QED) is 0.334. The van der Waals surface area contributed by atoms with Gasteiger partial charge >= 0.3 is 12.1 Å². The second-order valence-electron chi connectivity index (χ2n) is 7.89. The van der Waals surface area contributed by atoms with Gasteiger partial charge in [-0.2, -0.15) is 13.2 Å². The summed E-state index contributed by atoms with van der Waals surface area (Å²) in [4.78, 5) is 23.8. The highest BCUT2D eigenvalue weighted by molar-refractivity contribution is 6.34. The summed E-state index contributed by atoms with van der Waals surface area (Å²) in [5.74, 6) is -1.14. The number of hydrogen-bond donors (Lipinski definition) is 2. The smallest absolute Gasteiger partial charge is 0.420 e. The van der Waals surface area contributed by atoms with E-state index in [-0.39, 0.29) is 47.4 Å². The van der Waals surface area contributed by atoms with Crippen LogP contribution in [0, 0.1) is 0 Å². The van der Waals surface area contributed by atoms with Crippen LogP contribution >= 0.6 is 12.4 Å². The van der Waals surface area contributed by atoms with Gasteiger partial charge in [0.25, 0.3) is 5.91 Å². The number of nitrogens with two attached hydrogens (primary N) is 1. The lowest BCUT2D eigenvalue weighted by Crippen LogP contribution is -2.33. The van der Waals surface area contributed by atoms with Crippen LogP contribution in [0.3, 0.4) is 0 Å². The van der Waals surface area contributed by atoms with E-state index < -0.39 is 23.8 Å². The number of hydrogen-bond acceptors (Lipinski definition) is 5. The van der Waals surface area contributed by atoms with Crippen LogP contribution in [0.15, 0.2) is 66.7 Å². The third kappa shape index (κ3) is 5.87. The number of alkyl halides is 3. The zero-order chi connectivity index (χ0) is 25.2. The second-order valence-corrected chi connectivity index (χ2v) is 7.89. The lowest BCUT2D eigenvalue weighted by Gasteiger charge is -2.15. The third-order valence-corrected chi connectivity index (χ3v) is 5.44. The van der Waals surface area contributed by atoms with Crippen LogP contribution in [0.5, 0.6) is 11.5 Å². The van der Waals surface area contributed by atoms with Crippen molar-refractivity contribution in [3.05, 3.63) is 89.0 Å². The molecule has 0 saturated carbocycles. The molecule has 4 rings (SSSR count). The topological polar surface area (TPSA) is 90.7 Å². The standard InChI is InChI=1S/C26H21F3N2O4.ClH/c1-34-25(33)21(30)14-15-6-9-17(10-7-15)35-23-11-8-16(13-20(23)26(27,28)29)12-19-18-4-2-3-5-22(18)31-24(19)32;/h2-13,21H,14,30H2,1H3,(H,31,32);1H/b19-12+;. The molecule has 3 aromatic carbocycles. The summed E-state index contributed by atoms with van der Waals surface area (Å²) in [6.07, 6.45) is -3.06. The van der Waals surface area contributed by atoms with Crippen LogP contribution in [0.25, 0.3) is 11.6 Å². The zero-order valence-corrected chi connectivity index (χ0v) is 19.8. The molecule has 0 bridgehead atoms. The summed E-state index contributed by atoms with van der Waals surface area (Å²) < 4.78 is 51.6. The van der Waals surface area contributed by atoms with Gasteiger partial charge in [-0.25, -0.2) is 0 Å². The molecule has 1 amide bonds. The Morgan fingerprint density at radius 2 is 1.78 bits per heavy atom. The molecule has 3 aromatic rings. The first-order valence-corrected chi connectivity index (χ1v) is 10.6. The van der Waals surface area contributed by atoms with Gasteiger partial charge in [-0.1, -0.05) is 36.4 Å². The SMILES string of the molecule is COC(=O)C(N)Cc1ccc(Oc2ccc(/C=C3/C(=O)Nc4ccccc43)cc2C(F)(F)F)cc1.Cl. The number of methoxy groups -OCH3 is 1. The third-order valence-electron chi connectivity index (χ3n) is 5.44. The van der Waals surface area contributed by atoms with Crippen LogP contribution in [-0.2, 0) is 26.9 Å². The second kappa shape index (κ2) is 10.8. The summed E-state index contributed by atoms with van der Waals surface area (Å²) in [6, 6.07) is 15.9. The van der Waals surface area contributed by atoms with E-state index in [2.05, 4.69) is 10.1 Å². The molecule has 36 heavy (non-hydrogen) atoms. The van der Waals surface area contributed by atoms with E-state index in [1.165, 1.54) is 37.5 Å².